The Hall–Kier alpha value is -2.42. The SMILES string of the molecule is COc1cccc2c1-c1ccc(CS(N)(=O)=O)cc1C(c1cncc(Br)c1)O2. The second kappa shape index (κ2) is 7.20. The maximum atomic E-state index is 11.6. The molecule has 1 aromatic heterocycles. The zero-order valence-corrected chi connectivity index (χ0v) is 17.3. The van der Waals surface area contributed by atoms with E-state index in [0.717, 1.165) is 26.7 Å². The molecule has 0 spiro atoms. The Balaban J connectivity index is 1.93. The summed E-state index contributed by atoms with van der Waals surface area (Å²) < 4.78 is 35.8. The molecular weight excluding hydrogens is 444 g/mol. The van der Waals surface area contributed by atoms with E-state index in [1.54, 1.807) is 25.6 Å². The van der Waals surface area contributed by atoms with Crippen molar-refractivity contribution in [3.05, 3.63) is 76.0 Å². The van der Waals surface area contributed by atoms with Gasteiger partial charge >= 0.3 is 0 Å². The van der Waals surface area contributed by atoms with Crippen LogP contribution < -0.4 is 14.6 Å². The predicted octanol–water partition coefficient (Wildman–Crippen LogP) is 3.79. The van der Waals surface area contributed by atoms with Crippen molar-refractivity contribution in [2.75, 3.05) is 7.11 Å². The minimum atomic E-state index is -3.65. The molecule has 1 atom stereocenters. The van der Waals surface area contributed by atoms with E-state index in [1.807, 2.05) is 36.4 Å². The van der Waals surface area contributed by atoms with E-state index in [2.05, 4.69) is 20.9 Å². The molecule has 1 aliphatic rings. The quantitative estimate of drug-likeness (QED) is 0.639. The van der Waals surface area contributed by atoms with E-state index in [9.17, 15) is 8.42 Å². The highest BCUT2D eigenvalue weighted by atomic mass is 79.9. The zero-order valence-electron chi connectivity index (χ0n) is 14.9. The number of fused-ring (bicyclic) bond motifs is 3. The molecule has 2 N–H and O–H groups in total. The molecule has 1 unspecified atom stereocenters. The highest BCUT2D eigenvalue weighted by molar-refractivity contribution is 9.10. The first-order valence-electron chi connectivity index (χ1n) is 8.43. The number of sulfonamides is 1. The van der Waals surface area contributed by atoms with Gasteiger partial charge in [-0.25, -0.2) is 13.6 Å². The van der Waals surface area contributed by atoms with Gasteiger partial charge in [0.05, 0.1) is 18.4 Å². The van der Waals surface area contributed by atoms with Crippen molar-refractivity contribution < 1.29 is 17.9 Å². The lowest BCUT2D eigenvalue weighted by Crippen LogP contribution is -2.18. The Bertz CT molecular complexity index is 1160. The third-order valence-corrected chi connectivity index (χ3v) is 5.69. The topological polar surface area (TPSA) is 91.5 Å². The van der Waals surface area contributed by atoms with Crippen LogP contribution in [0.15, 0.2) is 59.3 Å². The lowest BCUT2D eigenvalue weighted by atomic mass is 9.88. The number of primary sulfonamides is 1. The minimum absolute atomic E-state index is 0.248. The molecule has 28 heavy (non-hydrogen) atoms. The first kappa shape index (κ1) is 18.9. The highest BCUT2D eigenvalue weighted by Crippen LogP contribution is 2.49. The van der Waals surface area contributed by atoms with E-state index < -0.39 is 16.1 Å². The molecule has 0 amide bonds. The summed E-state index contributed by atoms with van der Waals surface area (Å²) in [6, 6.07) is 13.0. The average molecular weight is 461 g/mol. The molecule has 0 fully saturated rings. The van der Waals surface area contributed by atoms with E-state index in [4.69, 9.17) is 14.6 Å². The zero-order chi connectivity index (χ0) is 19.9. The van der Waals surface area contributed by atoms with Gasteiger partial charge in [0.1, 0.15) is 11.5 Å². The Labute approximate surface area is 171 Å². The molecule has 8 heteroatoms. The van der Waals surface area contributed by atoms with Gasteiger partial charge in [-0.2, -0.15) is 0 Å². The van der Waals surface area contributed by atoms with Crippen molar-refractivity contribution in [2.45, 2.75) is 11.9 Å². The number of rotatable bonds is 4. The highest BCUT2D eigenvalue weighted by Gasteiger charge is 2.30. The second-order valence-electron chi connectivity index (χ2n) is 6.50. The maximum Gasteiger partial charge on any atom is 0.213 e. The summed E-state index contributed by atoms with van der Waals surface area (Å²) in [6.07, 6.45) is 2.98. The van der Waals surface area contributed by atoms with Crippen molar-refractivity contribution in [2.24, 2.45) is 5.14 Å². The molecule has 6 nitrogen and oxygen atoms in total. The van der Waals surface area contributed by atoms with Crippen molar-refractivity contribution in [1.29, 1.82) is 0 Å². The van der Waals surface area contributed by atoms with Gasteiger partial charge in [0.25, 0.3) is 0 Å². The van der Waals surface area contributed by atoms with Gasteiger partial charge in [-0.3, -0.25) is 4.98 Å². The molecule has 2 heterocycles. The third kappa shape index (κ3) is 3.63. The maximum absolute atomic E-state index is 11.6. The Morgan fingerprint density at radius 3 is 2.75 bits per heavy atom. The number of pyridine rings is 1. The fraction of sp³-hybridized carbons (Fsp3) is 0.150. The van der Waals surface area contributed by atoms with Crippen LogP contribution in [0.4, 0.5) is 0 Å². The number of halogens is 1. The van der Waals surface area contributed by atoms with E-state index in [1.165, 1.54) is 0 Å². The molecule has 2 aromatic carbocycles. The number of hydrogen-bond acceptors (Lipinski definition) is 5. The largest absolute Gasteiger partial charge is 0.496 e. The number of ether oxygens (including phenoxy) is 2. The molecule has 3 aromatic rings. The molecular formula is C20H17BrN2O4S. The molecule has 0 aliphatic carbocycles. The van der Waals surface area contributed by atoms with Crippen LogP contribution in [0.5, 0.6) is 11.5 Å². The van der Waals surface area contributed by atoms with Gasteiger partial charge < -0.3 is 9.47 Å². The molecule has 0 saturated carbocycles. The van der Waals surface area contributed by atoms with Crippen molar-refractivity contribution >= 4 is 26.0 Å². The Kier molecular flexibility index (Phi) is 4.86. The summed E-state index contributed by atoms with van der Waals surface area (Å²) in [5.41, 5.74) is 4.02. The monoisotopic (exact) mass is 460 g/mol. The number of nitrogens with zero attached hydrogens (tertiary/aromatic N) is 1. The number of benzene rings is 2. The second-order valence-corrected chi connectivity index (χ2v) is 9.03. The van der Waals surface area contributed by atoms with Crippen LogP contribution >= 0.6 is 15.9 Å². The van der Waals surface area contributed by atoms with Crippen molar-refractivity contribution in [3.8, 4) is 22.6 Å². The molecule has 0 radical (unpaired) electrons. The smallest absolute Gasteiger partial charge is 0.213 e. The van der Waals surface area contributed by atoms with Crippen LogP contribution in [0.3, 0.4) is 0 Å². The standard InChI is InChI=1S/C20H17BrN2O4S/c1-26-17-3-2-4-18-19(17)15-6-5-12(11-28(22,24)25)7-16(15)20(27-18)13-8-14(21)10-23-9-13/h2-10,20H,11H2,1H3,(H2,22,24,25). The first-order chi connectivity index (χ1) is 13.4. The van der Waals surface area contributed by atoms with Gasteiger partial charge in [-0.1, -0.05) is 24.3 Å². The summed E-state index contributed by atoms with van der Waals surface area (Å²) >= 11 is 3.44. The van der Waals surface area contributed by atoms with Crippen LogP contribution in [0.2, 0.25) is 0 Å². The van der Waals surface area contributed by atoms with Gasteiger partial charge in [-0.05, 0) is 45.3 Å². The van der Waals surface area contributed by atoms with Gasteiger partial charge in [0, 0.05) is 28.0 Å². The van der Waals surface area contributed by atoms with Crippen LogP contribution in [-0.2, 0) is 15.8 Å². The molecule has 0 saturated heterocycles. The summed E-state index contributed by atoms with van der Waals surface area (Å²) in [5.74, 6) is 1.13. The van der Waals surface area contributed by atoms with Crippen LogP contribution in [0.1, 0.15) is 22.8 Å². The van der Waals surface area contributed by atoms with Crippen LogP contribution in [-0.4, -0.2) is 20.5 Å². The first-order valence-corrected chi connectivity index (χ1v) is 10.9. The van der Waals surface area contributed by atoms with Crippen LogP contribution in [0, 0.1) is 0 Å². The number of nitrogens with two attached hydrogens (primary N) is 1. The van der Waals surface area contributed by atoms with E-state index in [-0.39, 0.29) is 5.75 Å². The fourth-order valence-electron chi connectivity index (χ4n) is 3.43. The normalized spacial score (nSPS) is 15.3. The molecule has 144 valence electrons. The summed E-state index contributed by atoms with van der Waals surface area (Å²) in [4.78, 5) is 4.24. The van der Waals surface area contributed by atoms with Gasteiger partial charge in [0.2, 0.25) is 10.0 Å². The average Bonchev–Trinajstić information content (AvgIpc) is 2.65. The van der Waals surface area contributed by atoms with E-state index in [0.29, 0.717) is 17.1 Å². The Morgan fingerprint density at radius 2 is 2.04 bits per heavy atom. The van der Waals surface area contributed by atoms with Gasteiger partial charge in [0.15, 0.2) is 6.10 Å². The summed E-state index contributed by atoms with van der Waals surface area (Å²) in [6.45, 7) is 0. The third-order valence-electron chi connectivity index (χ3n) is 4.52. The molecule has 0 bridgehead atoms. The minimum Gasteiger partial charge on any atom is -0.496 e. The predicted molar refractivity (Wildman–Crippen MR) is 110 cm³/mol. The number of methoxy groups -OCH3 is 1. The van der Waals surface area contributed by atoms with Gasteiger partial charge in [-0.15, -0.1) is 0 Å². The lowest BCUT2D eigenvalue weighted by Gasteiger charge is -2.30. The number of aromatic nitrogens is 1. The fourth-order valence-corrected chi connectivity index (χ4v) is 4.46. The lowest BCUT2D eigenvalue weighted by molar-refractivity contribution is 0.241. The van der Waals surface area contributed by atoms with Crippen molar-refractivity contribution in [3.63, 3.8) is 0 Å². The molecule has 1 aliphatic heterocycles. The summed E-state index contributed by atoms with van der Waals surface area (Å²) in [5, 5.41) is 5.24. The summed E-state index contributed by atoms with van der Waals surface area (Å²) in [7, 11) is -2.05. The molecule has 4 rings (SSSR count). The van der Waals surface area contributed by atoms with E-state index >= 15 is 0 Å². The van der Waals surface area contributed by atoms with Crippen LogP contribution in [0.25, 0.3) is 11.1 Å². The number of hydrogen-bond donors (Lipinski definition) is 1. The van der Waals surface area contributed by atoms with Crippen molar-refractivity contribution in [1.82, 2.24) is 4.98 Å². The Morgan fingerprint density at radius 1 is 1.21 bits per heavy atom.